The van der Waals surface area contributed by atoms with Gasteiger partial charge in [0.05, 0.1) is 6.10 Å². The number of rotatable bonds is 3. The smallest absolute Gasteiger partial charge is 0.0960 e. The average molecular weight is 180 g/mol. The summed E-state index contributed by atoms with van der Waals surface area (Å²) in [4.78, 5) is 0. The summed E-state index contributed by atoms with van der Waals surface area (Å²) in [5.41, 5.74) is 12.7. The van der Waals surface area contributed by atoms with Crippen molar-refractivity contribution in [3.05, 3.63) is 29.8 Å². The number of anilines is 1. The van der Waals surface area contributed by atoms with Crippen LogP contribution in [0.15, 0.2) is 24.3 Å². The number of benzene rings is 1. The Morgan fingerprint density at radius 1 is 1.38 bits per heavy atom. The molecule has 0 aliphatic carbocycles. The number of hydrogen-bond acceptors (Lipinski definition) is 3. The maximum Gasteiger partial charge on any atom is 0.0960 e. The monoisotopic (exact) mass is 180 g/mol. The molecule has 0 radical (unpaired) electrons. The molecule has 0 unspecified atom stereocenters. The third kappa shape index (κ3) is 2.20. The van der Waals surface area contributed by atoms with Gasteiger partial charge in [-0.25, -0.2) is 0 Å². The molecular weight excluding hydrogens is 164 g/mol. The quantitative estimate of drug-likeness (QED) is 0.608. The summed E-state index contributed by atoms with van der Waals surface area (Å²) >= 11 is 0. The number of aliphatic hydroxyl groups is 1. The summed E-state index contributed by atoms with van der Waals surface area (Å²) in [6.07, 6.45) is 0.0707. The molecule has 1 aromatic rings. The van der Waals surface area contributed by atoms with Gasteiger partial charge in [0.25, 0.3) is 0 Å². The molecule has 1 aromatic carbocycles. The first-order valence-electron chi connectivity index (χ1n) is 4.44. The first kappa shape index (κ1) is 10.0. The zero-order valence-electron chi connectivity index (χ0n) is 7.77. The molecular formula is C10H16N2O. The second kappa shape index (κ2) is 4.25. The Morgan fingerprint density at radius 2 is 2.00 bits per heavy atom. The van der Waals surface area contributed by atoms with Crippen molar-refractivity contribution in [2.75, 3.05) is 5.73 Å². The zero-order valence-corrected chi connectivity index (χ0v) is 7.77. The van der Waals surface area contributed by atoms with Crippen LogP contribution >= 0.6 is 0 Å². The molecule has 0 saturated carbocycles. The molecule has 0 heterocycles. The van der Waals surface area contributed by atoms with Crippen molar-refractivity contribution in [1.82, 2.24) is 0 Å². The maximum absolute atomic E-state index is 9.76. The van der Waals surface area contributed by atoms with E-state index < -0.39 is 6.10 Å². The van der Waals surface area contributed by atoms with E-state index in [2.05, 4.69) is 0 Å². The first-order chi connectivity index (χ1) is 6.16. The van der Waals surface area contributed by atoms with Gasteiger partial charge in [-0.05, 0) is 12.5 Å². The summed E-state index contributed by atoms with van der Waals surface area (Å²) in [6.45, 7) is 1.94. The molecule has 0 saturated heterocycles. The van der Waals surface area contributed by atoms with E-state index in [-0.39, 0.29) is 6.04 Å². The van der Waals surface area contributed by atoms with Crippen molar-refractivity contribution in [1.29, 1.82) is 0 Å². The Balaban J connectivity index is 2.88. The molecule has 1 rings (SSSR count). The van der Waals surface area contributed by atoms with Crippen molar-refractivity contribution in [2.24, 2.45) is 5.73 Å². The van der Waals surface area contributed by atoms with E-state index in [4.69, 9.17) is 11.5 Å². The Labute approximate surface area is 78.4 Å². The van der Waals surface area contributed by atoms with Crippen LogP contribution in [0.3, 0.4) is 0 Å². The number of para-hydroxylation sites is 1. The number of nitrogen functional groups attached to an aromatic ring is 1. The van der Waals surface area contributed by atoms with Gasteiger partial charge in [-0.1, -0.05) is 25.1 Å². The van der Waals surface area contributed by atoms with Crippen LogP contribution in [0.25, 0.3) is 0 Å². The van der Waals surface area contributed by atoms with Crippen LogP contribution < -0.4 is 11.5 Å². The maximum atomic E-state index is 9.76. The van der Waals surface area contributed by atoms with Crippen LogP contribution in [0.1, 0.15) is 25.0 Å². The summed E-state index contributed by atoms with van der Waals surface area (Å²) in [6, 6.07) is 7.00. The largest absolute Gasteiger partial charge is 0.398 e. The van der Waals surface area contributed by atoms with Crippen LogP contribution in [0.4, 0.5) is 5.69 Å². The van der Waals surface area contributed by atoms with Gasteiger partial charge in [0.2, 0.25) is 0 Å². The van der Waals surface area contributed by atoms with Gasteiger partial charge >= 0.3 is 0 Å². The molecule has 0 bridgehead atoms. The van der Waals surface area contributed by atoms with Crippen molar-refractivity contribution in [3.8, 4) is 0 Å². The topological polar surface area (TPSA) is 72.3 Å². The second-order valence-electron chi connectivity index (χ2n) is 3.15. The fourth-order valence-electron chi connectivity index (χ4n) is 1.23. The fraction of sp³-hybridized carbons (Fsp3) is 0.400. The minimum Gasteiger partial charge on any atom is -0.398 e. The lowest BCUT2D eigenvalue weighted by atomic mass is 10.00. The number of hydrogen-bond donors (Lipinski definition) is 3. The summed E-state index contributed by atoms with van der Waals surface area (Å²) < 4.78 is 0. The van der Waals surface area contributed by atoms with Gasteiger partial charge < -0.3 is 16.6 Å². The standard InChI is InChI=1S/C10H16N2O/c1-2-8(11)10(13)7-5-3-4-6-9(7)12/h3-6,8,10,13H,2,11-12H2,1H3/t8-,10-/m0/s1. The molecule has 0 aromatic heterocycles. The van der Waals surface area contributed by atoms with Crippen LogP contribution in [0, 0.1) is 0 Å². The van der Waals surface area contributed by atoms with Crippen LogP contribution in [0.5, 0.6) is 0 Å². The van der Waals surface area contributed by atoms with Gasteiger partial charge in [0.1, 0.15) is 0 Å². The van der Waals surface area contributed by atoms with E-state index in [1.807, 2.05) is 19.1 Å². The summed E-state index contributed by atoms with van der Waals surface area (Å²) in [5, 5.41) is 9.76. The van der Waals surface area contributed by atoms with Crippen molar-refractivity contribution in [3.63, 3.8) is 0 Å². The Bertz CT molecular complexity index is 275. The predicted molar refractivity (Wildman–Crippen MR) is 54.1 cm³/mol. The molecule has 5 N–H and O–H groups in total. The average Bonchev–Trinajstić information content (AvgIpc) is 2.16. The van der Waals surface area contributed by atoms with Gasteiger partial charge in [-0.3, -0.25) is 0 Å². The Morgan fingerprint density at radius 3 is 2.54 bits per heavy atom. The highest BCUT2D eigenvalue weighted by molar-refractivity contribution is 5.47. The fourth-order valence-corrected chi connectivity index (χ4v) is 1.23. The highest BCUT2D eigenvalue weighted by atomic mass is 16.3. The molecule has 0 aliphatic heterocycles. The van der Waals surface area contributed by atoms with E-state index >= 15 is 0 Å². The minimum absolute atomic E-state index is 0.246. The minimum atomic E-state index is -0.661. The second-order valence-corrected chi connectivity index (χ2v) is 3.15. The molecule has 72 valence electrons. The SMILES string of the molecule is CC[C@H](N)[C@@H](O)c1ccccc1N. The number of aliphatic hydroxyl groups excluding tert-OH is 1. The van der Waals surface area contributed by atoms with Crippen molar-refractivity contribution in [2.45, 2.75) is 25.5 Å². The van der Waals surface area contributed by atoms with Gasteiger partial charge in [0.15, 0.2) is 0 Å². The highest BCUT2D eigenvalue weighted by Gasteiger charge is 2.16. The molecule has 2 atom stereocenters. The van der Waals surface area contributed by atoms with Gasteiger partial charge in [0, 0.05) is 17.3 Å². The predicted octanol–water partition coefficient (Wildman–Crippen LogP) is 1.04. The number of nitrogens with two attached hydrogens (primary N) is 2. The highest BCUT2D eigenvalue weighted by Crippen LogP contribution is 2.22. The summed E-state index contributed by atoms with van der Waals surface area (Å²) in [7, 11) is 0. The molecule has 0 fully saturated rings. The molecule has 0 amide bonds. The third-order valence-electron chi connectivity index (χ3n) is 2.19. The Hall–Kier alpha value is -1.06. The molecule has 3 heteroatoms. The summed E-state index contributed by atoms with van der Waals surface area (Å²) in [5.74, 6) is 0. The molecule has 0 aliphatic rings. The normalized spacial score (nSPS) is 15.3. The van der Waals surface area contributed by atoms with Gasteiger partial charge in [-0.15, -0.1) is 0 Å². The van der Waals surface area contributed by atoms with Crippen molar-refractivity contribution >= 4 is 5.69 Å². The van der Waals surface area contributed by atoms with E-state index in [0.717, 1.165) is 12.0 Å². The van der Waals surface area contributed by atoms with Crippen molar-refractivity contribution < 1.29 is 5.11 Å². The Kier molecular flexibility index (Phi) is 3.28. The van der Waals surface area contributed by atoms with E-state index in [0.29, 0.717) is 5.69 Å². The molecule has 3 nitrogen and oxygen atoms in total. The van der Waals surface area contributed by atoms with Crippen LogP contribution in [-0.4, -0.2) is 11.1 Å². The zero-order chi connectivity index (χ0) is 9.84. The third-order valence-corrected chi connectivity index (χ3v) is 2.19. The van der Waals surface area contributed by atoms with Crippen LogP contribution in [0.2, 0.25) is 0 Å². The lowest BCUT2D eigenvalue weighted by Crippen LogP contribution is -2.27. The van der Waals surface area contributed by atoms with Gasteiger partial charge in [-0.2, -0.15) is 0 Å². The van der Waals surface area contributed by atoms with Crippen LogP contribution in [-0.2, 0) is 0 Å². The van der Waals surface area contributed by atoms with E-state index in [9.17, 15) is 5.11 Å². The van der Waals surface area contributed by atoms with E-state index in [1.54, 1.807) is 12.1 Å². The van der Waals surface area contributed by atoms with E-state index in [1.165, 1.54) is 0 Å². The lowest BCUT2D eigenvalue weighted by molar-refractivity contribution is 0.145. The first-order valence-corrected chi connectivity index (χ1v) is 4.44. The molecule has 0 spiro atoms. The lowest BCUT2D eigenvalue weighted by Gasteiger charge is -2.18. The molecule has 13 heavy (non-hydrogen) atoms.